The second kappa shape index (κ2) is 6.79. The number of carboxylic acids is 1. The normalized spacial score (nSPS) is 14.6. The second-order valence-electron chi connectivity index (χ2n) is 6.79. The molecule has 1 aliphatic heterocycles. The van der Waals surface area contributed by atoms with E-state index in [2.05, 4.69) is 20.0 Å². The van der Waals surface area contributed by atoms with Crippen LogP contribution in [0.25, 0.3) is 10.9 Å². The summed E-state index contributed by atoms with van der Waals surface area (Å²) in [6, 6.07) is 3.45. The SMILES string of the molecule is Cc1nnc(N2CCN(c3cc4c(cc3N)c(=O)c(C(=O)O)cn4C)CC2)s1. The Balaban J connectivity index is 1.66. The Kier molecular flexibility index (Phi) is 4.42. The van der Waals surface area contributed by atoms with E-state index in [0.717, 1.165) is 42.0 Å². The zero-order valence-corrected chi connectivity index (χ0v) is 16.4. The lowest BCUT2D eigenvalue weighted by molar-refractivity contribution is 0.0695. The number of hydrogen-bond acceptors (Lipinski definition) is 8. The van der Waals surface area contributed by atoms with E-state index in [0.29, 0.717) is 16.6 Å². The molecule has 1 saturated heterocycles. The standard InChI is InChI=1S/C18H20N6O3S/c1-10-20-21-18(28-10)24-5-3-23(4-6-24)15-8-14-11(7-13(15)19)16(25)12(17(26)27)9-22(14)2/h7-9H,3-6,19H2,1-2H3,(H,26,27). The number of nitrogens with zero attached hydrogens (tertiary/aromatic N) is 5. The van der Waals surface area contributed by atoms with Crippen molar-refractivity contribution in [2.24, 2.45) is 7.05 Å². The molecule has 3 heterocycles. The van der Waals surface area contributed by atoms with Gasteiger partial charge in [-0.15, -0.1) is 10.2 Å². The monoisotopic (exact) mass is 400 g/mol. The van der Waals surface area contributed by atoms with Crippen molar-refractivity contribution in [3.63, 3.8) is 0 Å². The summed E-state index contributed by atoms with van der Waals surface area (Å²) in [5, 5.41) is 19.7. The fraction of sp³-hybridized carbons (Fsp3) is 0.333. The lowest BCUT2D eigenvalue weighted by Crippen LogP contribution is -2.46. The van der Waals surface area contributed by atoms with Crippen molar-refractivity contribution in [1.29, 1.82) is 0 Å². The number of nitrogen functional groups attached to an aromatic ring is 1. The summed E-state index contributed by atoms with van der Waals surface area (Å²) < 4.78 is 1.66. The second-order valence-corrected chi connectivity index (χ2v) is 7.95. The van der Waals surface area contributed by atoms with Gasteiger partial charge in [-0.1, -0.05) is 11.3 Å². The van der Waals surface area contributed by atoms with E-state index >= 15 is 0 Å². The van der Waals surface area contributed by atoms with Crippen LogP contribution in [0.2, 0.25) is 0 Å². The molecule has 1 aromatic carbocycles. The Morgan fingerprint density at radius 3 is 2.46 bits per heavy atom. The van der Waals surface area contributed by atoms with Crippen LogP contribution in [0.3, 0.4) is 0 Å². The first-order chi connectivity index (χ1) is 13.3. The molecule has 0 atom stereocenters. The zero-order chi connectivity index (χ0) is 20.0. The number of carbonyl (C=O) groups is 1. The molecule has 0 aliphatic carbocycles. The van der Waals surface area contributed by atoms with E-state index in [1.54, 1.807) is 29.0 Å². The number of hydrogen-bond donors (Lipinski definition) is 2. The number of rotatable bonds is 3. The van der Waals surface area contributed by atoms with Gasteiger partial charge in [0.1, 0.15) is 10.6 Å². The molecular weight excluding hydrogens is 380 g/mol. The molecule has 0 spiro atoms. The van der Waals surface area contributed by atoms with Crippen LogP contribution in [-0.4, -0.2) is 52.0 Å². The fourth-order valence-corrected chi connectivity index (χ4v) is 4.25. The van der Waals surface area contributed by atoms with E-state index < -0.39 is 11.4 Å². The van der Waals surface area contributed by atoms with Crippen LogP contribution in [-0.2, 0) is 7.05 Å². The van der Waals surface area contributed by atoms with Gasteiger partial charge in [0.25, 0.3) is 0 Å². The van der Waals surface area contributed by atoms with Gasteiger partial charge in [-0.25, -0.2) is 4.79 Å². The predicted molar refractivity (Wildman–Crippen MR) is 110 cm³/mol. The third-order valence-electron chi connectivity index (χ3n) is 4.97. The van der Waals surface area contributed by atoms with E-state index in [4.69, 9.17) is 5.73 Å². The fourth-order valence-electron chi connectivity index (χ4n) is 3.51. The van der Waals surface area contributed by atoms with Gasteiger partial charge in [-0.3, -0.25) is 4.79 Å². The zero-order valence-electron chi connectivity index (χ0n) is 15.5. The number of piperazine rings is 1. The molecule has 1 aliphatic rings. The third-order valence-corrected chi connectivity index (χ3v) is 5.87. The summed E-state index contributed by atoms with van der Waals surface area (Å²) in [6.07, 6.45) is 1.35. The molecule has 0 unspecified atom stereocenters. The summed E-state index contributed by atoms with van der Waals surface area (Å²) in [4.78, 5) is 28.2. The van der Waals surface area contributed by atoms with Gasteiger partial charge in [0.15, 0.2) is 0 Å². The molecule has 28 heavy (non-hydrogen) atoms. The van der Waals surface area contributed by atoms with Crippen LogP contribution in [0, 0.1) is 6.92 Å². The number of aryl methyl sites for hydroxylation is 2. The van der Waals surface area contributed by atoms with Crippen molar-refractivity contribution in [1.82, 2.24) is 14.8 Å². The number of carboxylic acid groups (broad SMARTS) is 1. The summed E-state index contributed by atoms with van der Waals surface area (Å²) in [6.45, 7) is 5.05. The van der Waals surface area contributed by atoms with Crippen LogP contribution in [0.1, 0.15) is 15.4 Å². The van der Waals surface area contributed by atoms with Gasteiger partial charge in [-0.05, 0) is 19.1 Å². The lowest BCUT2D eigenvalue weighted by Gasteiger charge is -2.36. The van der Waals surface area contributed by atoms with Crippen LogP contribution >= 0.6 is 11.3 Å². The van der Waals surface area contributed by atoms with Gasteiger partial charge in [0.05, 0.1) is 16.9 Å². The van der Waals surface area contributed by atoms with E-state index in [9.17, 15) is 14.7 Å². The summed E-state index contributed by atoms with van der Waals surface area (Å²) >= 11 is 1.58. The molecule has 0 saturated carbocycles. The number of fused-ring (bicyclic) bond motifs is 1. The number of nitrogens with two attached hydrogens (primary N) is 1. The number of aromatic nitrogens is 3. The molecule has 3 N–H and O–H groups in total. The first-order valence-electron chi connectivity index (χ1n) is 8.81. The predicted octanol–water partition coefficient (Wildman–Crippen LogP) is 1.31. The Morgan fingerprint density at radius 1 is 1.18 bits per heavy atom. The molecule has 0 radical (unpaired) electrons. The molecular formula is C18H20N6O3S. The quantitative estimate of drug-likeness (QED) is 0.632. The molecule has 10 heteroatoms. The van der Waals surface area contributed by atoms with Crippen molar-refractivity contribution in [3.05, 3.63) is 39.1 Å². The van der Waals surface area contributed by atoms with E-state index in [1.807, 2.05) is 13.0 Å². The molecule has 146 valence electrons. The molecule has 9 nitrogen and oxygen atoms in total. The van der Waals surface area contributed by atoms with E-state index in [1.165, 1.54) is 6.20 Å². The first kappa shape index (κ1) is 18.2. The highest BCUT2D eigenvalue weighted by Gasteiger charge is 2.22. The number of aromatic carboxylic acids is 1. The maximum atomic E-state index is 12.5. The maximum Gasteiger partial charge on any atom is 0.341 e. The van der Waals surface area contributed by atoms with Crippen LogP contribution in [0.15, 0.2) is 23.1 Å². The smallest absolute Gasteiger partial charge is 0.341 e. The molecule has 2 aromatic heterocycles. The third kappa shape index (κ3) is 3.05. The highest BCUT2D eigenvalue weighted by Crippen LogP contribution is 2.30. The molecule has 0 bridgehead atoms. The highest BCUT2D eigenvalue weighted by molar-refractivity contribution is 7.15. The van der Waals surface area contributed by atoms with Crippen molar-refractivity contribution in [2.75, 3.05) is 41.7 Å². The van der Waals surface area contributed by atoms with Gasteiger partial charge < -0.3 is 25.2 Å². The average Bonchev–Trinajstić information content (AvgIpc) is 3.10. The first-order valence-corrected chi connectivity index (χ1v) is 9.63. The summed E-state index contributed by atoms with van der Waals surface area (Å²) in [5.41, 5.74) is 7.43. The minimum atomic E-state index is -1.24. The van der Waals surface area contributed by atoms with Crippen molar-refractivity contribution < 1.29 is 9.90 Å². The van der Waals surface area contributed by atoms with Gasteiger partial charge in [0, 0.05) is 44.8 Å². The summed E-state index contributed by atoms with van der Waals surface area (Å²) in [5.74, 6) is -1.24. The Labute approximate surface area is 164 Å². The van der Waals surface area contributed by atoms with Gasteiger partial charge in [0.2, 0.25) is 10.6 Å². The minimum absolute atomic E-state index is 0.261. The van der Waals surface area contributed by atoms with Gasteiger partial charge in [-0.2, -0.15) is 0 Å². The average molecular weight is 400 g/mol. The number of pyridine rings is 1. The molecule has 1 fully saturated rings. The van der Waals surface area contributed by atoms with Crippen LogP contribution in [0.5, 0.6) is 0 Å². The van der Waals surface area contributed by atoms with Crippen molar-refractivity contribution >= 4 is 44.7 Å². The van der Waals surface area contributed by atoms with Crippen LogP contribution in [0.4, 0.5) is 16.5 Å². The largest absolute Gasteiger partial charge is 0.477 e. The number of benzene rings is 1. The van der Waals surface area contributed by atoms with Crippen LogP contribution < -0.4 is 21.0 Å². The van der Waals surface area contributed by atoms with Crippen molar-refractivity contribution in [3.8, 4) is 0 Å². The molecule has 4 rings (SSSR count). The Bertz CT molecular complexity index is 1130. The number of anilines is 3. The Hall–Kier alpha value is -3.14. The van der Waals surface area contributed by atoms with Crippen molar-refractivity contribution in [2.45, 2.75) is 6.92 Å². The lowest BCUT2D eigenvalue weighted by atomic mass is 10.1. The topological polar surface area (TPSA) is 118 Å². The van der Waals surface area contributed by atoms with E-state index in [-0.39, 0.29) is 5.56 Å². The molecule has 3 aromatic rings. The van der Waals surface area contributed by atoms with Gasteiger partial charge >= 0.3 is 5.97 Å². The molecule has 0 amide bonds. The summed E-state index contributed by atoms with van der Waals surface area (Å²) in [7, 11) is 1.73. The minimum Gasteiger partial charge on any atom is -0.477 e. The Morgan fingerprint density at radius 2 is 1.86 bits per heavy atom. The maximum absolute atomic E-state index is 12.5. The highest BCUT2D eigenvalue weighted by atomic mass is 32.1.